The average Bonchev–Trinajstić information content (AvgIpc) is 2.30. The molecule has 0 bridgehead atoms. The van der Waals surface area contributed by atoms with Crippen LogP contribution >= 0.6 is 0 Å². The fraction of sp³-hybridized carbons (Fsp3) is 0.571. The Morgan fingerprint density at radius 3 is 2.74 bits per heavy atom. The summed E-state index contributed by atoms with van der Waals surface area (Å²) in [6.07, 6.45) is 2.61. The second-order valence-electron chi connectivity index (χ2n) is 5.09. The maximum atomic E-state index is 11.7. The smallest absolute Gasteiger partial charge is 0.319 e. The van der Waals surface area contributed by atoms with E-state index in [0.29, 0.717) is 24.0 Å². The van der Waals surface area contributed by atoms with Gasteiger partial charge in [0.2, 0.25) is 5.88 Å². The molecule has 1 heterocycles. The summed E-state index contributed by atoms with van der Waals surface area (Å²) in [5.74, 6) is 1.01. The molecule has 0 saturated heterocycles. The molecule has 0 spiro atoms. The maximum absolute atomic E-state index is 11.7. The molecule has 106 valence electrons. The topological polar surface area (TPSA) is 63.2 Å². The van der Waals surface area contributed by atoms with Crippen molar-refractivity contribution in [2.24, 2.45) is 5.92 Å². The highest BCUT2D eigenvalue weighted by Gasteiger charge is 2.09. The van der Waals surface area contributed by atoms with Crippen molar-refractivity contribution in [3.8, 4) is 5.88 Å². The number of nitrogens with zero attached hydrogens (tertiary/aromatic N) is 1. The Morgan fingerprint density at radius 1 is 1.37 bits per heavy atom. The van der Waals surface area contributed by atoms with E-state index in [-0.39, 0.29) is 12.1 Å². The van der Waals surface area contributed by atoms with Crippen molar-refractivity contribution in [2.45, 2.75) is 40.2 Å². The first-order valence-electron chi connectivity index (χ1n) is 6.65. The number of carbonyl (C=O) groups excluding carboxylic acids is 1. The van der Waals surface area contributed by atoms with Gasteiger partial charge in [-0.15, -0.1) is 0 Å². The van der Waals surface area contributed by atoms with Crippen LogP contribution in [0.5, 0.6) is 5.88 Å². The second kappa shape index (κ2) is 7.61. The van der Waals surface area contributed by atoms with Gasteiger partial charge in [0.15, 0.2) is 0 Å². The van der Waals surface area contributed by atoms with E-state index in [1.54, 1.807) is 18.3 Å². The lowest BCUT2D eigenvalue weighted by molar-refractivity contribution is 0.233. The van der Waals surface area contributed by atoms with Crippen molar-refractivity contribution in [3.05, 3.63) is 18.3 Å². The molecular weight excluding hydrogens is 242 g/mol. The molecular formula is C14H23N3O2. The number of urea groups is 1. The summed E-state index contributed by atoms with van der Waals surface area (Å²) in [7, 11) is 0. The molecule has 5 heteroatoms. The average molecular weight is 265 g/mol. The highest BCUT2D eigenvalue weighted by atomic mass is 16.5. The third kappa shape index (κ3) is 6.08. The second-order valence-corrected chi connectivity index (χ2v) is 5.09. The zero-order valence-electron chi connectivity index (χ0n) is 12.1. The number of rotatable bonds is 6. The number of pyridine rings is 1. The zero-order valence-corrected chi connectivity index (χ0v) is 12.1. The molecule has 2 N–H and O–H groups in total. The number of anilines is 1. The minimum atomic E-state index is -0.234. The van der Waals surface area contributed by atoms with E-state index in [1.807, 2.05) is 13.8 Å². The molecule has 5 nitrogen and oxygen atoms in total. The van der Waals surface area contributed by atoms with E-state index in [2.05, 4.69) is 29.5 Å². The minimum absolute atomic E-state index is 0.0134. The molecule has 2 amide bonds. The standard InChI is InChI=1S/C14H23N3O2/c1-10(2)7-9-16-14(18)17-12-6-5-8-15-13(12)19-11(3)4/h5-6,8,10-11H,7,9H2,1-4H3,(H2,16,17,18). The molecule has 0 radical (unpaired) electrons. The van der Waals surface area contributed by atoms with E-state index < -0.39 is 0 Å². The van der Waals surface area contributed by atoms with Crippen LogP contribution in [0, 0.1) is 5.92 Å². The van der Waals surface area contributed by atoms with Gasteiger partial charge in [0.25, 0.3) is 0 Å². The summed E-state index contributed by atoms with van der Waals surface area (Å²) < 4.78 is 5.54. The normalized spacial score (nSPS) is 10.6. The molecule has 0 aliphatic heterocycles. The Kier molecular flexibility index (Phi) is 6.12. The Bertz CT molecular complexity index is 405. The molecule has 0 aliphatic carbocycles. The third-order valence-corrected chi connectivity index (χ3v) is 2.37. The Morgan fingerprint density at radius 2 is 2.11 bits per heavy atom. The van der Waals surface area contributed by atoms with Crippen molar-refractivity contribution >= 4 is 11.7 Å². The molecule has 1 rings (SSSR count). The monoisotopic (exact) mass is 265 g/mol. The van der Waals surface area contributed by atoms with Gasteiger partial charge < -0.3 is 15.4 Å². The number of carbonyl (C=O) groups is 1. The van der Waals surface area contributed by atoms with Crippen LogP contribution < -0.4 is 15.4 Å². The predicted molar refractivity (Wildman–Crippen MR) is 76.5 cm³/mol. The predicted octanol–water partition coefficient (Wildman–Crippen LogP) is 3.04. The van der Waals surface area contributed by atoms with Gasteiger partial charge in [-0.2, -0.15) is 0 Å². The lowest BCUT2D eigenvalue weighted by Crippen LogP contribution is -2.30. The number of nitrogens with one attached hydrogen (secondary N) is 2. The summed E-state index contributed by atoms with van der Waals surface area (Å²) in [5, 5.41) is 5.56. The Hall–Kier alpha value is -1.78. The van der Waals surface area contributed by atoms with Crippen LogP contribution in [0.3, 0.4) is 0 Å². The van der Waals surface area contributed by atoms with Crippen molar-refractivity contribution < 1.29 is 9.53 Å². The summed E-state index contributed by atoms with van der Waals surface area (Å²) in [5.41, 5.74) is 0.582. The largest absolute Gasteiger partial charge is 0.473 e. The van der Waals surface area contributed by atoms with E-state index in [0.717, 1.165) is 6.42 Å². The Balaban J connectivity index is 2.53. The van der Waals surface area contributed by atoms with Crippen LogP contribution in [-0.2, 0) is 0 Å². The molecule has 1 aromatic heterocycles. The number of hydrogen-bond donors (Lipinski definition) is 2. The first-order valence-corrected chi connectivity index (χ1v) is 6.65. The summed E-state index contributed by atoms with van der Waals surface area (Å²) in [6.45, 7) is 8.73. The lowest BCUT2D eigenvalue weighted by Gasteiger charge is -2.14. The summed E-state index contributed by atoms with van der Waals surface area (Å²) in [4.78, 5) is 15.8. The van der Waals surface area contributed by atoms with Gasteiger partial charge >= 0.3 is 6.03 Å². The fourth-order valence-electron chi connectivity index (χ4n) is 1.44. The lowest BCUT2D eigenvalue weighted by atomic mass is 10.1. The number of ether oxygens (including phenoxy) is 1. The summed E-state index contributed by atoms with van der Waals surface area (Å²) >= 11 is 0. The van der Waals surface area contributed by atoms with Crippen LogP contribution in [0.2, 0.25) is 0 Å². The molecule has 19 heavy (non-hydrogen) atoms. The van der Waals surface area contributed by atoms with Crippen LogP contribution in [0.15, 0.2) is 18.3 Å². The molecule has 0 unspecified atom stereocenters. The number of hydrogen-bond acceptors (Lipinski definition) is 3. The van der Waals surface area contributed by atoms with Crippen LogP contribution in [-0.4, -0.2) is 23.7 Å². The highest BCUT2D eigenvalue weighted by Crippen LogP contribution is 2.21. The van der Waals surface area contributed by atoms with E-state index in [4.69, 9.17) is 4.74 Å². The van der Waals surface area contributed by atoms with Crippen molar-refractivity contribution in [2.75, 3.05) is 11.9 Å². The van der Waals surface area contributed by atoms with Gasteiger partial charge in [-0.1, -0.05) is 13.8 Å². The van der Waals surface area contributed by atoms with Gasteiger partial charge in [-0.05, 0) is 38.3 Å². The van der Waals surface area contributed by atoms with E-state index >= 15 is 0 Å². The van der Waals surface area contributed by atoms with Crippen molar-refractivity contribution in [3.63, 3.8) is 0 Å². The van der Waals surface area contributed by atoms with Gasteiger partial charge in [0.1, 0.15) is 5.69 Å². The van der Waals surface area contributed by atoms with E-state index in [1.165, 1.54) is 0 Å². The fourth-order valence-corrected chi connectivity index (χ4v) is 1.44. The van der Waals surface area contributed by atoms with Crippen molar-refractivity contribution in [1.29, 1.82) is 0 Å². The van der Waals surface area contributed by atoms with Gasteiger partial charge in [-0.3, -0.25) is 0 Å². The molecule has 0 aliphatic rings. The minimum Gasteiger partial charge on any atom is -0.473 e. The first kappa shape index (κ1) is 15.3. The molecule has 0 aromatic carbocycles. The van der Waals surface area contributed by atoms with Gasteiger partial charge in [0.05, 0.1) is 6.10 Å². The first-order chi connectivity index (χ1) is 8.99. The number of amides is 2. The van der Waals surface area contributed by atoms with Crippen LogP contribution in [0.1, 0.15) is 34.1 Å². The molecule has 1 aromatic rings. The Labute approximate surface area is 114 Å². The third-order valence-electron chi connectivity index (χ3n) is 2.37. The highest BCUT2D eigenvalue weighted by molar-refractivity contribution is 5.90. The van der Waals surface area contributed by atoms with Gasteiger partial charge in [-0.25, -0.2) is 9.78 Å². The molecule has 0 atom stereocenters. The van der Waals surface area contributed by atoms with Crippen molar-refractivity contribution in [1.82, 2.24) is 10.3 Å². The van der Waals surface area contributed by atoms with Gasteiger partial charge in [0, 0.05) is 12.7 Å². The summed E-state index contributed by atoms with van der Waals surface area (Å²) in [6, 6.07) is 3.30. The zero-order chi connectivity index (χ0) is 14.3. The van der Waals surface area contributed by atoms with Crippen LogP contribution in [0.4, 0.5) is 10.5 Å². The quantitative estimate of drug-likeness (QED) is 0.831. The number of aromatic nitrogens is 1. The SMILES string of the molecule is CC(C)CCNC(=O)Nc1cccnc1OC(C)C. The molecule has 0 saturated carbocycles. The molecule has 0 fully saturated rings. The maximum Gasteiger partial charge on any atom is 0.319 e. The van der Waals surface area contributed by atoms with Crippen LogP contribution in [0.25, 0.3) is 0 Å². The van der Waals surface area contributed by atoms with E-state index in [9.17, 15) is 4.79 Å².